The minimum absolute atomic E-state index is 0. The molecule has 0 unspecified atom stereocenters. The first-order valence-corrected chi connectivity index (χ1v) is 17.0. The first-order valence-electron chi connectivity index (χ1n) is 15.6. The molecule has 1 N–H and O–H groups in total. The van der Waals surface area contributed by atoms with Crippen molar-refractivity contribution in [3.05, 3.63) is 53.9 Å². The number of fused-ring (bicyclic) bond motifs is 2. The van der Waals surface area contributed by atoms with Gasteiger partial charge < -0.3 is 5.11 Å². The molecule has 7 heteroatoms. The van der Waals surface area contributed by atoms with Crippen LogP contribution in [0.15, 0.2) is 53.2 Å². The smallest absolute Gasteiger partial charge is 0.480 e. The van der Waals surface area contributed by atoms with Crippen LogP contribution >= 0.6 is 11.8 Å². The number of aliphatic carboxylic acids is 1. The van der Waals surface area contributed by atoms with Crippen LogP contribution in [0.25, 0.3) is 10.9 Å². The molecule has 1 aliphatic carbocycles. The monoisotopic (exact) mass is 634 g/mol. The van der Waals surface area contributed by atoms with E-state index in [4.69, 9.17) is 9.98 Å². The Morgan fingerprint density at radius 2 is 1.68 bits per heavy atom. The maximum Gasteiger partial charge on any atom is 1.00 e. The van der Waals surface area contributed by atoms with Crippen molar-refractivity contribution in [3.8, 4) is 0 Å². The molecular formula is C34H57CuN3O2S+. The number of allylic oxidation sites excluding steroid dienone is 2. The summed E-state index contributed by atoms with van der Waals surface area (Å²) in [5.74, 6) is 0.652. The third-order valence-electron chi connectivity index (χ3n) is 6.33. The zero-order chi connectivity index (χ0) is 30.3. The van der Waals surface area contributed by atoms with E-state index in [2.05, 4.69) is 30.9 Å². The van der Waals surface area contributed by atoms with Crippen LogP contribution < -0.4 is 0 Å². The van der Waals surface area contributed by atoms with Crippen molar-refractivity contribution >= 4 is 34.3 Å². The predicted molar refractivity (Wildman–Crippen MR) is 179 cm³/mol. The fourth-order valence-corrected chi connectivity index (χ4v) is 5.12. The summed E-state index contributed by atoms with van der Waals surface area (Å²) in [6, 6.07) is 11.6. The second-order valence-electron chi connectivity index (χ2n) is 9.22. The SMILES string of the molecule is CC.CC.CC.CCC.CSCC[C@@H](C(=O)O)N(CC1=NC2=CCCC[C@H]2CC1)Cc1ccc2ccccc2n1.[Cu+]. The molecule has 2 heterocycles. The Kier molecular flexibility index (Phi) is 26.3. The van der Waals surface area contributed by atoms with Crippen LogP contribution in [0.3, 0.4) is 0 Å². The number of hydrogen-bond acceptors (Lipinski definition) is 5. The molecule has 1 aromatic heterocycles. The second-order valence-corrected chi connectivity index (χ2v) is 10.2. The van der Waals surface area contributed by atoms with Crippen molar-refractivity contribution in [3.63, 3.8) is 0 Å². The Balaban J connectivity index is 0. The van der Waals surface area contributed by atoms with Crippen molar-refractivity contribution in [1.82, 2.24) is 9.88 Å². The van der Waals surface area contributed by atoms with Gasteiger partial charge in [-0.3, -0.25) is 19.7 Å². The van der Waals surface area contributed by atoms with E-state index in [1.165, 1.54) is 25.0 Å². The van der Waals surface area contributed by atoms with Crippen LogP contribution in [0, 0.1) is 5.92 Å². The Labute approximate surface area is 266 Å². The molecule has 2 atom stereocenters. The van der Waals surface area contributed by atoms with Crippen LogP contribution in [0.1, 0.15) is 106 Å². The van der Waals surface area contributed by atoms with Gasteiger partial charge >= 0.3 is 23.0 Å². The molecule has 4 rings (SSSR count). The van der Waals surface area contributed by atoms with Gasteiger partial charge in [0, 0.05) is 35.8 Å². The molecule has 236 valence electrons. The van der Waals surface area contributed by atoms with Crippen LogP contribution in [0.5, 0.6) is 0 Å². The minimum atomic E-state index is -0.763. The molecule has 0 saturated heterocycles. The summed E-state index contributed by atoms with van der Waals surface area (Å²) in [6.45, 7) is 17.3. The summed E-state index contributed by atoms with van der Waals surface area (Å²) in [4.78, 5) is 24.0. The van der Waals surface area contributed by atoms with Gasteiger partial charge in [-0.25, -0.2) is 0 Å². The van der Waals surface area contributed by atoms with E-state index in [9.17, 15) is 9.90 Å². The third kappa shape index (κ3) is 14.9. The molecule has 1 aromatic carbocycles. The Morgan fingerprint density at radius 3 is 2.32 bits per heavy atom. The quantitative estimate of drug-likeness (QED) is 0.278. The molecule has 0 radical (unpaired) electrons. The van der Waals surface area contributed by atoms with Gasteiger partial charge in [0.2, 0.25) is 0 Å². The van der Waals surface area contributed by atoms with Gasteiger partial charge in [-0.2, -0.15) is 11.8 Å². The summed E-state index contributed by atoms with van der Waals surface area (Å²) < 4.78 is 0. The molecule has 41 heavy (non-hydrogen) atoms. The normalized spacial score (nSPS) is 15.7. The number of para-hydroxylation sites is 1. The standard InChI is InChI=1S/C25H31N3O2S.C3H8.3C2H6.Cu/c1-31-15-14-24(25(29)30)28(16-20-12-10-18-6-2-4-8-22(18)26-20)17-21-13-11-19-7-3-5-9-23(19)27-21;1-3-2;3*1-2;/h2,4,6,8-10,12,19,24H,3,5,7,11,13-17H2,1H3,(H,29,30);3H2,1-2H3;3*1-2H3;/q;;;;;+1/t19-,24-;;;;;/m0...../s1. The summed E-state index contributed by atoms with van der Waals surface area (Å²) in [7, 11) is 0. The number of carbonyl (C=O) groups is 1. The van der Waals surface area contributed by atoms with E-state index in [1.54, 1.807) is 11.8 Å². The molecule has 2 aliphatic rings. The van der Waals surface area contributed by atoms with Crippen LogP contribution in [-0.2, 0) is 28.4 Å². The van der Waals surface area contributed by atoms with Gasteiger partial charge in [0.05, 0.1) is 11.2 Å². The van der Waals surface area contributed by atoms with Crippen molar-refractivity contribution in [2.45, 2.75) is 113 Å². The molecule has 1 aliphatic heterocycles. The minimum Gasteiger partial charge on any atom is -0.480 e. The predicted octanol–water partition coefficient (Wildman–Crippen LogP) is 9.65. The topological polar surface area (TPSA) is 65.8 Å². The first kappa shape index (κ1) is 41.5. The molecule has 2 aromatic rings. The summed E-state index contributed by atoms with van der Waals surface area (Å²) >= 11 is 1.69. The van der Waals surface area contributed by atoms with Crippen molar-refractivity contribution < 1.29 is 27.0 Å². The van der Waals surface area contributed by atoms with Gasteiger partial charge in [0.1, 0.15) is 6.04 Å². The number of aliphatic imine (C=N–C) groups is 1. The molecule has 0 bridgehead atoms. The molecule has 0 fully saturated rings. The van der Waals surface area contributed by atoms with Gasteiger partial charge in [-0.15, -0.1) is 0 Å². The second kappa shape index (κ2) is 26.0. The number of pyridine rings is 1. The van der Waals surface area contributed by atoms with Crippen LogP contribution in [-0.4, -0.2) is 51.3 Å². The number of benzene rings is 1. The number of rotatable bonds is 9. The average Bonchev–Trinajstić information content (AvgIpc) is 3.00. The molecule has 0 amide bonds. The number of hydrogen-bond donors (Lipinski definition) is 1. The number of aromatic nitrogens is 1. The van der Waals surface area contributed by atoms with Gasteiger partial charge in [-0.1, -0.05) is 92.2 Å². The molecule has 0 saturated carbocycles. The van der Waals surface area contributed by atoms with Crippen molar-refractivity contribution in [2.75, 3.05) is 18.6 Å². The third-order valence-corrected chi connectivity index (χ3v) is 6.97. The summed E-state index contributed by atoms with van der Waals surface area (Å²) in [6.07, 6.45) is 11.9. The zero-order valence-electron chi connectivity index (χ0n) is 27.2. The van der Waals surface area contributed by atoms with E-state index in [0.29, 0.717) is 25.4 Å². The average molecular weight is 635 g/mol. The first-order chi connectivity index (χ1) is 19.5. The van der Waals surface area contributed by atoms with Crippen molar-refractivity contribution in [1.29, 1.82) is 0 Å². The molecule has 5 nitrogen and oxygen atoms in total. The van der Waals surface area contributed by atoms with Crippen LogP contribution in [0.4, 0.5) is 0 Å². The fourth-order valence-electron chi connectivity index (χ4n) is 4.66. The summed E-state index contributed by atoms with van der Waals surface area (Å²) in [5, 5.41) is 11.1. The van der Waals surface area contributed by atoms with Crippen LogP contribution in [0.2, 0.25) is 0 Å². The summed E-state index contributed by atoms with van der Waals surface area (Å²) in [5.41, 5.74) is 4.19. The molecule has 0 spiro atoms. The van der Waals surface area contributed by atoms with E-state index >= 15 is 0 Å². The number of nitrogens with zero attached hydrogens (tertiary/aromatic N) is 3. The van der Waals surface area contributed by atoms with Gasteiger partial charge in [0.25, 0.3) is 0 Å². The Bertz CT molecular complexity index is 1010. The maximum absolute atomic E-state index is 12.2. The number of carboxylic acids is 1. The van der Waals surface area contributed by atoms with E-state index in [1.807, 2.05) is 78.1 Å². The number of carboxylic acid groups (broad SMARTS) is 1. The molecular weight excluding hydrogens is 578 g/mol. The Hall–Kier alpha value is -1.66. The Morgan fingerprint density at radius 1 is 1.02 bits per heavy atom. The fraction of sp³-hybridized carbons (Fsp3) is 0.618. The van der Waals surface area contributed by atoms with Crippen molar-refractivity contribution in [2.24, 2.45) is 10.9 Å². The maximum atomic E-state index is 12.2. The van der Waals surface area contributed by atoms with Gasteiger partial charge in [0.15, 0.2) is 0 Å². The zero-order valence-corrected chi connectivity index (χ0v) is 28.9. The van der Waals surface area contributed by atoms with E-state index < -0.39 is 12.0 Å². The van der Waals surface area contributed by atoms with E-state index in [0.717, 1.165) is 47.3 Å². The van der Waals surface area contributed by atoms with Gasteiger partial charge in [-0.05, 0) is 62.7 Å². The number of thioether (sulfide) groups is 1. The largest absolute Gasteiger partial charge is 1.00 e. The van der Waals surface area contributed by atoms with E-state index in [-0.39, 0.29) is 17.1 Å².